The number of aliphatic hydroxyl groups excluding tert-OH is 1. The Labute approximate surface area is 234 Å². The zero-order valence-electron chi connectivity index (χ0n) is 22.6. The summed E-state index contributed by atoms with van der Waals surface area (Å²) in [7, 11) is 0. The van der Waals surface area contributed by atoms with E-state index in [0.29, 0.717) is 18.2 Å². The summed E-state index contributed by atoms with van der Waals surface area (Å²) in [6.45, 7) is 11.7. The molecule has 2 fully saturated rings. The molecule has 9 heteroatoms. The number of hydrogen-bond acceptors (Lipinski definition) is 7. The SMILES string of the molecule is C[C@H](C(=O)NCCN1CCOCC1)[C@@H]1CC[C@@]2(C)Cc3sc(COc4cccc(Cl)c4)nc3[C@@H](C)[C@@H]2[C@H]1O. The third-order valence-electron chi connectivity index (χ3n) is 9.01. The summed E-state index contributed by atoms with van der Waals surface area (Å²) in [5.74, 6) is 0.684. The van der Waals surface area contributed by atoms with E-state index in [4.69, 9.17) is 26.1 Å². The van der Waals surface area contributed by atoms with E-state index in [1.807, 2.05) is 31.2 Å². The molecule has 1 saturated carbocycles. The Morgan fingerprint density at radius 2 is 2.18 bits per heavy atom. The number of carbonyl (C=O) groups is 1. The lowest BCUT2D eigenvalue weighted by Gasteiger charge is -2.53. The quantitative estimate of drug-likeness (QED) is 0.493. The third kappa shape index (κ3) is 5.89. The molecule has 0 radical (unpaired) electrons. The van der Waals surface area contributed by atoms with Crippen molar-refractivity contribution in [1.29, 1.82) is 0 Å². The van der Waals surface area contributed by atoms with Gasteiger partial charge < -0.3 is 19.9 Å². The first kappa shape index (κ1) is 27.8. The normalized spacial score (nSPS) is 30.2. The van der Waals surface area contributed by atoms with Crippen molar-refractivity contribution < 1.29 is 19.4 Å². The molecule has 1 saturated heterocycles. The molecule has 2 heterocycles. The van der Waals surface area contributed by atoms with Crippen LogP contribution in [0.3, 0.4) is 0 Å². The molecule has 5 rings (SSSR count). The van der Waals surface area contributed by atoms with Crippen LogP contribution in [0.15, 0.2) is 24.3 Å². The average molecular weight is 562 g/mol. The maximum Gasteiger partial charge on any atom is 0.223 e. The van der Waals surface area contributed by atoms with Gasteiger partial charge in [0.2, 0.25) is 5.91 Å². The second-order valence-electron chi connectivity index (χ2n) is 11.5. The first-order valence-electron chi connectivity index (χ1n) is 13.9. The Hall–Kier alpha value is -1.71. The lowest BCUT2D eigenvalue weighted by Crippen LogP contribution is -2.53. The number of aromatic nitrogens is 1. The average Bonchev–Trinajstić information content (AvgIpc) is 3.30. The van der Waals surface area contributed by atoms with Gasteiger partial charge >= 0.3 is 0 Å². The van der Waals surface area contributed by atoms with Gasteiger partial charge in [-0.25, -0.2) is 4.98 Å². The summed E-state index contributed by atoms with van der Waals surface area (Å²) < 4.78 is 11.4. The molecule has 0 spiro atoms. The van der Waals surface area contributed by atoms with Crippen molar-refractivity contribution in [2.24, 2.45) is 23.2 Å². The molecule has 2 N–H and O–H groups in total. The number of benzene rings is 1. The lowest BCUT2D eigenvalue weighted by molar-refractivity contribution is -0.134. The largest absolute Gasteiger partial charge is 0.486 e. The highest BCUT2D eigenvalue weighted by Gasteiger charge is 2.53. The number of thiazole rings is 1. The minimum Gasteiger partial charge on any atom is -0.486 e. The van der Waals surface area contributed by atoms with Gasteiger partial charge in [0.1, 0.15) is 17.4 Å². The fraction of sp³-hybridized carbons (Fsp3) is 0.655. The number of carbonyl (C=O) groups excluding carboxylic acids is 1. The van der Waals surface area contributed by atoms with Crippen LogP contribution in [0.1, 0.15) is 55.1 Å². The van der Waals surface area contributed by atoms with Crippen LogP contribution in [0.5, 0.6) is 5.75 Å². The molecule has 0 bridgehead atoms. The molecule has 2 aliphatic carbocycles. The summed E-state index contributed by atoms with van der Waals surface area (Å²) >= 11 is 7.81. The van der Waals surface area contributed by atoms with Crippen molar-refractivity contribution in [2.75, 3.05) is 39.4 Å². The van der Waals surface area contributed by atoms with Crippen LogP contribution in [-0.2, 0) is 22.6 Å². The topological polar surface area (TPSA) is 83.9 Å². The molecule has 1 aromatic heterocycles. The predicted molar refractivity (Wildman–Crippen MR) is 150 cm³/mol. The summed E-state index contributed by atoms with van der Waals surface area (Å²) in [5, 5.41) is 16.4. The Bertz CT molecular complexity index is 1120. The number of ether oxygens (including phenoxy) is 2. The number of nitrogens with zero attached hydrogens (tertiary/aromatic N) is 2. The van der Waals surface area contributed by atoms with E-state index in [2.05, 4.69) is 24.1 Å². The Balaban J connectivity index is 1.22. The Morgan fingerprint density at radius 1 is 1.39 bits per heavy atom. The van der Waals surface area contributed by atoms with Crippen molar-refractivity contribution in [3.8, 4) is 5.75 Å². The molecular weight excluding hydrogens is 522 g/mol. The monoisotopic (exact) mass is 561 g/mol. The molecule has 2 aromatic rings. The molecule has 1 amide bonds. The lowest BCUT2D eigenvalue weighted by atomic mass is 9.53. The van der Waals surface area contributed by atoms with Gasteiger partial charge in [0.25, 0.3) is 0 Å². The molecule has 208 valence electrons. The number of amides is 1. The second-order valence-corrected chi connectivity index (χ2v) is 13.1. The van der Waals surface area contributed by atoms with Gasteiger partial charge in [-0.1, -0.05) is 38.4 Å². The minimum atomic E-state index is -0.537. The van der Waals surface area contributed by atoms with Crippen LogP contribution in [-0.4, -0.2) is 66.4 Å². The summed E-state index contributed by atoms with van der Waals surface area (Å²) in [4.78, 5) is 21.7. The van der Waals surface area contributed by atoms with Gasteiger partial charge in [-0.2, -0.15) is 0 Å². The first-order valence-corrected chi connectivity index (χ1v) is 15.1. The number of aliphatic hydroxyl groups is 1. The third-order valence-corrected chi connectivity index (χ3v) is 10.3. The highest BCUT2D eigenvalue weighted by atomic mass is 35.5. The van der Waals surface area contributed by atoms with E-state index in [1.54, 1.807) is 11.3 Å². The van der Waals surface area contributed by atoms with Crippen LogP contribution >= 0.6 is 22.9 Å². The van der Waals surface area contributed by atoms with Gasteiger partial charge in [0.05, 0.1) is 25.0 Å². The van der Waals surface area contributed by atoms with Crippen molar-refractivity contribution >= 4 is 28.8 Å². The Kier molecular flexibility index (Phi) is 8.65. The van der Waals surface area contributed by atoms with E-state index in [1.165, 1.54) is 4.88 Å². The van der Waals surface area contributed by atoms with Gasteiger partial charge in [-0.3, -0.25) is 9.69 Å². The maximum atomic E-state index is 13.1. The van der Waals surface area contributed by atoms with Gasteiger partial charge in [-0.05, 0) is 54.7 Å². The number of hydrogen-bond donors (Lipinski definition) is 2. The number of halogens is 1. The molecule has 1 aromatic carbocycles. The van der Waals surface area contributed by atoms with Crippen molar-refractivity contribution in [1.82, 2.24) is 15.2 Å². The molecule has 7 nitrogen and oxygen atoms in total. The van der Waals surface area contributed by atoms with E-state index >= 15 is 0 Å². The zero-order valence-corrected chi connectivity index (χ0v) is 24.2. The van der Waals surface area contributed by atoms with Crippen molar-refractivity contribution in [3.05, 3.63) is 44.9 Å². The Morgan fingerprint density at radius 3 is 2.95 bits per heavy atom. The smallest absolute Gasteiger partial charge is 0.223 e. The van der Waals surface area contributed by atoms with Crippen molar-refractivity contribution in [2.45, 2.75) is 58.7 Å². The summed E-state index contributed by atoms with van der Waals surface area (Å²) in [6.07, 6.45) is 2.24. The van der Waals surface area contributed by atoms with E-state index < -0.39 is 6.10 Å². The van der Waals surface area contributed by atoms with Gasteiger partial charge in [-0.15, -0.1) is 11.3 Å². The van der Waals surface area contributed by atoms with Crippen LogP contribution in [0.25, 0.3) is 0 Å². The first-order chi connectivity index (χ1) is 18.2. The predicted octanol–water partition coefficient (Wildman–Crippen LogP) is 4.51. The fourth-order valence-corrected chi connectivity index (χ4v) is 8.34. The highest BCUT2D eigenvalue weighted by molar-refractivity contribution is 7.11. The fourth-order valence-electron chi connectivity index (χ4n) is 6.88. The van der Waals surface area contributed by atoms with E-state index in [9.17, 15) is 9.90 Å². The van der Waals surface area contributed by atoms with Crippen LogP contribution in [0.2, 0.25) is 5.02 Å². The van der Waals surface area contributed by atoms with E-state index in [-0.39, 0.29) is 35.0 Å². The molecule has 1 aliphatic heterocycles. The molecule has 38 heavy (non-hydrogen) atoms. The molecule has 0 unspecified atom stereocenters. The van der Waals surface area contributed by atoms with Gasteiger partial charge in [0, 0.05) is 47.9 Å². The van der Waals surface area contributed by atoms with Crippen LogP contribution < -0.4 is 10.1 Å². The summed E-state index contributed by atoms with van der Waals surface area (Å²) in [5.41, 5.74) is 1.08. The number of nitrogens with one attached hydrogen (secondary N) is 1. The molecule has 3 aliphatic rings. The zero-order chi connectivity index (χ0) is 26.9. The van der Waals surface area contributed by atoms with Crippen molar-refractivity contribution in [3.63, 3.8) is 0 Å². The molecule has 6 atom stereocenters. The number of morpholine rings is 1. The standard InChI is InChI=1S/C29H40ClN3O4S/c1-18(28(35)31-9-10-33-11-13-36-14-12-33)22-7-8-29(3)16-23-26(19(2)25(29)27(22)34)32-24(38-23)17-37-21-6-4-5-20(30)15-21/h4-6,15,18-19,22,25,27,34H,7-14,16-17H2,1-3H3,(H,31,35)/t18-,19-,22-,25+,27-,29-/m0/s1. The second kappa shape index (κ2) is 11.8. The van der Waals surface area contributed by atoms with Crippen LogP contribution in [0, 0.1) is 23.2 Å². The highest BCUT2D eigenvalue weighted by Crippen LogP contribution is 2.57. The van der Waals surface area contributed by atoms with Crippen LogP contribution in [0.4, 0.5) is 0 Å². The minimum absolute atomic E-state index is 0.00746. The maximum absolute atomic E-state index is 13.1. The number of rotatable bonds is 8. The summed E-state index contributed by atoms with van der Waals surface area (Å²) in [6, 6.07) is 7.41. The number of fused-ring (bicyclic) bond motifs is 2. The van der Waals surface area contributed by atoms with E-state index in [0.717, 1.165) is 68.6 Å². The van der Waals surface area contributed by atoms with Gasteiger partial charge in [0.15, 0.2) is 0 Å². The molecular formula is C29H40ClN3O4S.